The molecule has 2 N–H and O–H groups in total. The second-order valence-corrected chi connectivity index (χ2v) is 11.4. The molecule has 5 rings (SSSR count). The molecule has 0 saturated heterocycles. The summed E-state index contributed by atoms with van der Waals surface area (Å²) in [6, 6.07) is 18.7. The number of methoxy groups -OCH3 is 1. The molecule has 0 bridgehead atoms. The molecule has 6 nitrogen and oxygen atoms in total. The van der Waals surface area contributed by atoms with Crippen molar-refractivity contribution < 1.29 is 18.8 Å². The molecule has 1 atom stereocenters. The average Bonchev–Trinajstić information content (AvgIpc) is 3.64. The van der Waals surface area contributed by atoms with E-state index in [2.05, 4.69) is 5.16 Å². The van der Waals surface area contributed by atoms with Crippen molar-refractivity contribution in [3.63, 3.8) is 0 Å². The van der Waals surface area contributed by atoms with E-state index in [4.69, 9.17) is 54.5 Å². The molecular formula is C31H29Cl3N2O4. The molecule has 1 aliphatic rings. The molecule has 3 aromatic carbocycles. The molecule has 0 spiro atoms. The molecule has 1 saturated carbocycles. The normalized spacial score (nSPS) is 14.7. The minimum atomic E-state index is -0.977. The molecule has 1 aromatic heterocycles. The summed E-state index contributed by atoms with van der Waals surface area (Å²) in [5, 5.41) is 5.18. The van der Waals surface area contributed by atoms with Crippen LogP contribution < -0.4 is 10.5 Å². The minimum Gasteiger partial charge on any atom is -0.469 e. The average molecular weight is 600 g/mol. The number of esters is 1. The lowest BCUT2D eigenvalue weighted by molar-refractivity contribution is 0.0600. The Bertz CT molecular complexity index is 1520. The zero-order valence-corrected chi connectivity index (χ0v) is 24.6. The third-order valence-corrected chi connectivity index (χ3v) is 8.31. The summed E-state index contributed by atoms with van der Waals surface area (Å²) >= 11 is 20.2. The van der Waals surface area contributed by atoms with E-state index in [0.717, 1.165) is 29.5 Å². The largest absolute Gasteiger partial charge is 0.469 e. The van der Waals surface area contributed by atoms with Gasteiger partial charge in [-0.2, -0.15) is 0 Å². The minimum absolute atomic E-state index is 0.0327. The van der Waals surface area contributed by atoms with Gasteiger partial charge in [0, 0.05) is 34.6 Å². The maximum absolute atomic E-state index is 12.0. The monoisotopic (exact) mass is 598 g/mol. The molecule has 9 heteroatoms. The summed E-state index contributed by atoms with van der Waals surface area (Å²) in [7, 11) is 1.37. The summed E-state index contributed by atoms with van der Waals surface area (Å²) in [6.45, 7) is 4.23. The summed E-state index contributed by atoms with van der Waals surface area (Å²) in [5.74, 6) is 0.790. The van der Waals surface area contributed by atoms with Crippen molar-refractivity contribution >= 4 is 40.8 Å². The van der Waals surface area contributed by atoms with Gasteiger partial charge >= 0.3 is 5.97 Å². The van der Waals surface area contributed by atoms with Crippen LogP contribution in [0.4, 0.5) is 0 Å². The number of hydrogen-bond donors (Lipinski definition) is 1. The first-order valence-corrected chi connectivity index (χ1v) is 14.2. The Hall–Kier alpha value is -3.03. The van der Waals surface area contributed by atoms with Gasteiger partial charge in [-0.05, 0) is 42.7 Å². The second kappa shape index (κ2) is 11.5. The van der Waals surface area contributed by atoms with Gasteiger partial charge < -0.3 is 19.7 Å². The topological polar surface area (TPSA) is 87.6 Å². The van der Waals surface area contributed by atoms with Gasteiger partial charge in [-0.25, -0.2) is 4.79 Å². The number of carbonyl (C=O) groups excluding carboxylic acids is 1. The molecule has 40 heavy (non-hydrogen) atoms. The van der Waals surface area contributed by atoms with Gasteiger partial charge in [0.1, 0.15) is 17.2 Å². The van der Waals surface area contributed by atoms with Gasteiger partial charge in [0.2, 0.25) is 5.56 Å². The fraction of sp³-hybridized carbons (Fsp3) is 0.290. The van der Waals surface area contributed by atoms with Gasteiger partial charge in [0.25, 0.3) is 0 Å². The van der Waals surface area contributed by atoms with Crippen molar-refractivity contribution in [3.8, 4) is 17.0 Å². The van der Waals surface area contributed by atoms with Crippen molar-refractivity contribution in [2.45, 2.75) is 50.1 Å². The van der Waals surface area contributed by atoms with Crippen LogP contribution in [0.1, 0.15) is 76.5 Å². The van der Waals surface area contributed by atoms with E-state index in [1.54, 1.807) is 30.3 Å². The predicted molar refractivity (Wildman–Crippen MR) is 157 cm³/mol. The number of rotatable bonds is 9. The smallest absolute Gasteiger partial charge is 0.337 e. The molecule has 0 amide bonds. The van der Waals surface area contributed by atoms with Crippen LogP contribution in [0, 0.1) is 0 Å². The quantitative estimate of drug-likeness (QED) is 0.153. The van der Waals surface area contributed by atoms with Gasteiger partial charge in [-0.1, -0.05) is 90.2 Å². The van der Waals surface area contributed by atoms with Crippen LogP contribution in [-0.2, 0) is 16.7 Å². The fourth-order valence-electron chi connectivity index (χ4n) is 5.16. The highest BCUT2D eigenvalue weighted by atomic mass is 35.5. The second-order valence-electron chi connectivity index (χ2n) is 10.1. The van der Waals surface area contributed by atoms with E-state index in [1.165, 1.54) is 7.11 Å². The van der Waals surface area contributed by atoms with Gasteiger partial charge in [-0.15, -0.1) is 0 Å². The Kier molecular flexibility index (Phi) is 8.16. The fourth-order valence-corrected chi connectivity index (χ4v) is 6.03. The van der Waals surface area contributed by atoms with E-state index in [0.29, 0.717) is 43.9 Å². The number of benzene rings is 3. The van der Waals surface area contributed by atoms with Crippen LogP contribution >= 0.6 is 34.8 Å². The Morgan fingerprint density at radius 2 is 1.70 bits per heavy atom. The molecule has 1 aliphatic carbocycles. The molecular weight excluding hydrogens is 571 g/mol. The number of hydrogen-bond acceptors (Lipinski definition) is 6. The molecule has 1 fully saturated rings. The lowest BCUT2D eigenvalue weighted by Gasteiger charge is -2.25. The van der Waals surface area contributed by atoms with Crippen LogP contribution in [0.3, 0.4) is 0 Å². The Balaban J connectivity index is 1.58. The molecule has 0 radical (unpaired) electrons. The molecule has 208 valence electrons. The summed E-state index contributed by atoms with van der Waals surface area (Å²) < 4.78 is 17.2. The number of nitrogens with two attached hydrogens (primary N) is 1. The zero-order valence-electron chi connectivity index (χ0n) is 22.3. The number of alkyl halides is 1. The lowest BCUT2D eigenvalue weighted by atomic mass is 9.86. The van der Waals surface area contributed by atoms with Crippen LogP contribution in [0.2, 0.25) is 10.0 Å². The van der Waals surface area contributed by atoms with Crippen LogP contribution in [0.15, 0.2) is 65.2 Å². The molecule has 1 unspecified atom stereocenters. The number of carbonyl (C=O) groups is 1. The first kappa shape index (κ1) is 28.5. The Morgan fingerprint density at radius 3 is 2.27 bits per heavy atom. The van der Waals surface area contributed by atoms with Crippen LogP contribution in [0.25, 0.3) is 11.3 Å². The predicted octanol–water partition coefficient (Wildman–Crippen LogP) is 8.41. The standard InChI is InChI=1S/C31H29Cl3N2O4/c1-17(2)27-25(26(36-40-27)24-22(32)8-5-9-23(24)33)29(34)39-28-19(16-35)6-4-7-21(28)31(14-15-31)20-12-10-18(11-13-20)30(37)38-3/h4-13,17,29H,14-16,35H2,1-3H3. The van der Waals surface area contributed by atoms with E-state index in [-0.39, 0.29) is 23.8 Å². The van der Waals surface area contributed by atoms with Crippen molar-refractivity contribution in [2.75, 3.05) is 7.11 Å². The van der Waals surface area contributed by atoms with Crippen molar-refractivity contribution in [1.29, 1.82) is 0 Å². The highest BCUT2D eigenvalue weighted by Crippen LogP contribution is 2.57. The maximum Gasteiger partial charge on any atom is 0.337 e. The summed E-state index contributed by atoms with van der Waals surface area (Å²) in [5.41, 5.74) is 9.81. The van der Waals surface area contributed by atoms with Crippen LogP contribution in [-0.4, -0.2) is 18.2 Å². The molecule has 0 aliphatic heterocycles. The van der Waals surface area contributed by atoms with Gasteiger partial charge in [0.15, 0.2) is 0 Å². The number of halogens is 3. The highest BCUT2D eigenvalue weighted by Gasteiger charge is 2.48. The lowest BCUT2D eigenvalue weighted by Crippen LogP contribution is -2.15. The first-order valence-electron chi connectivity index (χ1n) is 13.0. The number of aromatic nitrogens is 1. The van der Waals surface area contributed by atoms with E-state index in [9.17, 15) is 4.79 Å². The van der Waals surface area contributed by atoms with Crippen LogP contribution in [0.5, 0.6) is 5.75 Å². The first-order chi connectivity index (χ1) is 19.2. The van der Waals surface area contributed by atoms with Crippen molar-refractivity contribution in [1.82, 2.24) is 5.16 Å². The highest BCUT2D eigenvalue weighted by molar-refractivity contribution is 6.39. The Labute approximate surface area is 248 Å². The van der Waals surface area contributed by atoms with Crippen molar-refractivity contribution in [3.05, 3.63) is 104 Å². The van der Waals surface area contributed by atoms with E-state index < -0.39 is 5.56 Å². The molecule has 1 heterocycles. The Morgan fingerprint density at radius 1 is 1.05 bits per heavy atom. The summed E-state index contributed by atoms with van der Waals surface area (Å²) in [6.07, 6.45) is 1.82. The number of para-hydroxylation sites is 1. The number of nitrogens with zero attached hydrogens (tertiary/aromatic N) is 1. The maximum atomic E-state index is 12.0. The van der Waals surface area contributed by atoms with E-state index in [1.807, 2.05) is 44.2 Å². The third-order valence-electron chi connectivity index (χ3n) is 7.37. The number of ether oxygens (including phenoxy) is 2. The van der Waals surface area contributed by atoms with Crippen molar-refractivity contribution in [2.24, 2.45) is 5.73 Å². The van der Waals surface area contributed by atoms with Gasteiger partial charge in [0.05, 0.1) is 28.3 Å². The zero-order chi connectivity index (χ0) is 28.6. The molecule has 4 aromatic rings. The van der Waals surface area contributed by atoms with E-state index >= 15 is 0 Å². The van der Waals surface area contributed by atoms with Gasteiger partial charge in [-0.3, -0.25) is 0 Å². The third kappa shape index (κ3) is 5.10. The SMILES string of the molecule is COC(=O)c1ccc(C2(c3cccc(CN)c3OC(Cl)c3c(-c4c(Cl)cccc4Cl)noc3C(C)C)CC2)cc1. The summed E-state index contributed by atoms with van der Waals surface area (Å²) in [4.78, 5) is 12.0.